The second kappa shape index (κ2) is 3.94. The molecule has 1 aromatic carbocycles. The van der Waals surface area contributed by atoms with E-state index in [1.165, 1.54) is 5.56 Å². The van der Waals surface area contributed by atoms with Gasteiger partial charge in [0, 0.05) is 10.5 Å². The van der Waals surface area contributed by atoms with Crippen LogP contribution in [0.5, 0.6) is 0 Å². The van der Waals surface area contributed by atoms with E-state index in [-0.39, 0.29) is 11.9 Å². The van der Waals surface area contributed by atoms with Crippen molar-refractivity contribution in [2.45, 2.75) is 25.8 Å². The molecule has 0 saturated heterocycles. The number of anilines is 1. The second-order valence-electron chi connectivity index (χ2n) is 4.02. The maximum atomic E-state index is 11.2. The predicted octanol–water partition coefficient (Wildman–Crippen LogP) is 1.83. The molecule has 0 aliphatic carbocycles. The van der Waals surface area contributed by atoms with Gasteiger partial charge in [0.25, 0.3) is 0 Å². The molecule has 3 nitrogen and oxygen atoms in total. The summed E-state index contributed by atoms with van der Waals surface area (Å²) in [6.07, 6.45) is 1.31. The van der Waals surface area contributed by atoms with E-state index in [4.69, 9.17) is 5.73 Å². The molecule has 1 aliphatic rings. The lowest BCUT2D eigenvalue weighted by molar-refractivity contribution is -0.115. The third-order valence-corrected chi connectivity index (χ3v) is 3.03. The molecule has 3 N–H and O–H groups in total. The van der Waals surface area contributed by atoms with Crippen molar-refractivity contribution in [3.8, 4) is 0 Å². The van der Waals surface area contributed by atoms with Gasteiger partial charge >= 0.3 is 0 Å². The maximum Gasteiger partial charge on any atom is 0.228 e. The summed E-state index contributed by atoms with van der Waals surface area (Å²) >= 11 is 3.46. The number of hydrogen-bond donors (Lipinski definition) is 2. The van der Waals surface area contributed by atoms with Gasteiger partial charge in [0.1, 0.15) is 0 Å². The third kappa shape index (κ3) is 2.21. The Morgan fingerprint density at radius 3 is 3.00 bits per heavy atom. The zero-order valence-corrected chi connectivity index (χ0v) is 10.1. The van der Waals surface area contributed by atoms with Gasteiger partial charge < -0.3 is 11.1 Å². The number of benzene rings is 1. The van der Waals surface area contributed by atoms with Crippen molar-refractivity contribution in [1.29, 1.82) is 0 Å². The monoisotopic (exact) mass is 268 g/mol. The molecule has 0 spiro atoms. The van der Waals surface area contributed by atoms with Gasteiger partial charge in [-0.1, -0.05) is 6.07 Å². The van der Waals surface area contributed by atoms with E-state index in [2.05, 4.69) is 27.3 Å². The zero-order chi connectivity index (χ0) is 11.0. The van der Waals surface area contributed by atoms with Gasteiger partial charge in [0.05, 0.1) is 12.1 Å². The van der Waals surface area contributed by atoms with Crippen LogP contribution in [0.4, 0.5) is 5.69 Å². The lowest BCUT2D eigenvalue weighted by atomic mass is 10.0. The molecule has 1 amide bonds. The van der Waals surface area contributed by atoms with Crippen molar-refractivity contribution in [2.75, 3.05) is 5.32 Å². The first-order chi connectivity index (χ1) is 7.06. The first-order valence-corrected chi connectivity index (χ1v) is 5.72. The SMILES string of the molecule is CC(N)Cc1cc(Br)c2c(c1)CC(=O)N2. The molecular weight excluding hydrogens is 256 g/mol. The first kappa shape index (κ1) is 10.6. The van der Waals surface area contributed by atoms with E-state index < -0.39 is 0 Å². The smallest absolute Gasteiger partial charge is 0.228 e. The van der Waals surface area contributed by atoms with Crippen LogP contribution >= 0.6 is 15.9 Å². The van der Waals surface area contributed by atoms with Crippen LogP contribution in [-0.2, 0) is 17.6 Å². The maximum absolute atomic E-state index is 11.2. The zero-order valence-electron chi connectivity index (χ0n) is 8.51. The molecule has 0 fully saturated rings. The molecular formula is C11H13BrN2O. The number of amides is 1. The fourth-order valence-electron chi connectivity index (χ4n) is 1.85. The molecule has 0 saturated carbocycles. The molecule has 0 bridgehead atoms. The van der Waals surface area contributed by atoms with Crippen LogP contribution in [0.1, 0.15) is 18.1 Å². The van der Waals surface area contributed by atoms with Crippen LogP contribution in [0.15, 0.2) is 16.6 Å². The van der Waals surface area contributed by atoms with Crippen LogP contribution in [0.25, 0.3) is 0 Å². The normalized spacial score (nSPS) is 16.1. The van der Waals surface area contributed by atoms with Crippen LogP contribution < -0.4 is 11.1 Å². The molecule has 1 atom stereocenters. The van der Waals surface area contributed by atoms with Gasteiger partial charge in [-0.25, -0.2) is 0 Å². The molecule has 1 unspecified atom stereocenters. The lowest BCUT2D eigenvalue weighted by Crippen LogP contribution is -2.17. The van der Waals surface area contributed by atoms with E-state index in [1.54, 1.807) is 0 Å². The lowest BCUT2D eigenvalue weighted by Gasteiger charge is -2.09. The summed E-state index contributed by atoms with van der Waals surface area (Å²) in [5.41, 5.74) is 8.89. The molecule has 4 heteroatoms. The van der Waals surface area contributed by atoms with E-state index in [9.17, 15) is 4.79 Å². The molecule has 1 aliphatic heterocycles. The molecule has 1 heterocycles. The van der Waals surface area contributed by atoms with Gasteiger partial charge in [-0.05, 0) is 46.5 Å². The molecule has 0 radical (unpaired) electrons. The summed E-state index contributed by atoms with van der Waals surface area (Å²) in [6.45, 7) is 1.98. The number of halogens is 1. The summed E-state index contributed by atoms with van der Waals surface area (Å²) in [4.78, 5) is 11.2. The Morgan fingerprint density at radius 1 is 1.60 bits per heavy atom. The van der Waals surface area contributed by atoms with Crippen molar-refractivity contribution < 1.29 is 4.79 Å². The number of fused-ring (bicyclic) bond motifs is 1. The Balaban J connectivity index is 2.35. The van der Waals surface area contributed by atoms with E-state index >= 15 is 0 Å². The van der Waals surface area contributed by atoms with Gasteiger partial charge in [0.2, 0.25) is 5.91 Å². The van der Waals surface area contributed by atoms with Crippen LogP contribution in [0.2, 0.25) is 0 Å². The minimum atomic E-state index is 0.0589. The summed E-state index contributed by atoms with van der Waals surface area (Å²) in [6, 6.07) is 4.22. The molecule has 15 heavy (non-hydrogen) atoms. The predicted molar refractivity (Wildman–Crippen MR) is 63.8 cm³/mol. The highest BCUT2D eigenvalue weighted by Crippen LogP contribution is 2.32. The fourth-order valence-corrected chi connectivity index (χ4v) is 2.50. The van der Waals surface area contributed by atoms with Crippen molar-refractivity contribution in [1.82, 2.24) is 0 Å². The summed E-state index contributed by atoms with van der Waals surface area (Å²) in [5.74, 6) is 0.0589. The standard InChI is InChI=1S/C11H13BrN2O/c1-6(13)2-7-3-8-5-10(15)14-11(8)9(12)4-7/h3-4,6H,2,5,13H2,1H3,(H,14,15). The van der Waals surface area contributed by atoms with Crippen molar-refractivity contribution >= 4 is 27.5 Å². The van der Waals surface area contributed by atoms with Crippen molar-refractivity contribution in [3.05, 3.63) is 27.7 Å². The highest BCUT2D eigenvalue weighted by Gasteiger charge is 2.20. The Labute approximate surface area is 97.2 Å². The van der Waals surface area contributed by atoms with E-state index in [0.717, 1.165) is 22.1 Å². The first-order valence-electron chi connectivity index (χ1n) is 4.93. The minimum Gasteiger partial charge on any atom is -0.328 e. The summed E-state index contributed by atoms with van der Waals surface area (Å²) < 4.78 is 0.946. The average Bonchev–Trinajstić information content (AvgIpc) is 2.44. The molecule has 80 valence electrons. The highest BCUT2D eigenvalue weighted by molar-refractivity contribution is 9.10. The number of nitrogens with two attached hydrogens (primary N) is 1. The van der Waals surface area contributed by atoms with E-state index in [1.807, 2.05) is 13.0 Å². The van der Waals surface area contributed by atoms with E-state index in [0.29, 0.717) is 6.42 Å². The van der Waals surface area contributed by atoms with Gasteiger partial charge in [0.15, 0.2) is 0 Å². The number of carbonyl (C=O) groups excluding carboxylic acids is 1. The summed E-state index contributed by atoms with van der Waals surface area (Å²) in [7, 11) is 0. The van der Waals surface area contributed by atoms with Crippen LogP contribution in [0.3, 0.4) is 0 Å². The molecule has 1 aromatic rings. The Morgan fingerprint density at radius 2 is 2.33 bits per heavy atom. The molecule has 2 rings (SSSR count). The van der Waals surface area contributed by atoms with Crippen molar-refractivity contribution in [3.63, 3.8) is 0 Å². The topological polar surface area (TPSA) is 55.1 Å². The Kier molecular flexibility index (Phi) is 2.80. The second-order valence-corrected chi connectivity index (χ2v) is 4.87. The van der Waals surface area contributed by atoms with Crippen molar-refractivity contribution in [2.24, 2.45) is 5.73 Å². The van der Waals surface area contributed by atoms with Gasteiger partial charge in [-0.15, -0.1) is 0 Å². The largest absolute Gasteiger partial charge is 0.328 e. The highest BCUT2D eigenvalue weighted by atomic mass is 79.9. The van der Waals surface area contributed by atoms with Crippen LogP contribution in [0, 0.1) is 0 Å². The number of rotatable bonds is 2. The number of carbonyl (C=O) groups is 1. The fraction of sp³-hybridized carbons (Fsp3) is 0.364. The third-order valence-electron chi connectivity index (χ3n) is 2.40. The quantitative estimate of drug-likeness (QED) is 0.860. The Hall–Kier alpha value is -0.870. The van der Waals surface area contributed by atoms with Gasteiger partial charge in [-0.3, -0.25) is 4.79 Å². The molecule has 0 aromatic heterocycles. The van der Waals surface area contributed by atoms with Crippen LogP contribution in [-0.4, -0.2) is 11.9 Å². The number of hydrogen-bond acceptors (Lipinski definition) is 2. The van der Waals surface area contributed by atoms with Gasteiger partial charge in [-0.2, -0.15) is 0 Å². The Bertz CT molecular complexity index is 415. The minimum absolute atomic E-state index is 0.0589. The number of nitrogens with one attached hydrogen (secondary N) is 1. The average molecular weight is 269 g/mol. The summed E-state index contributed by atoms with van der Waals surface area (Å²) in [5, 5.41) is 2.83.